The van der Waals surface area contributed by atoms with E-state index in [1.54, 1.807) is 6.33 Å². The highest BCUT2D eigenvalue weighted by molar-refractivity contribution is 5.76. The van der Waals surface area contributed by atoms with Crippen molar-refractivity contribution in [2.45, 2.75) is 52.6 Å². The molecule has 1 amide bonds. The van der Waals surface area contributed by atoms with Gasteiger partial charge in [0.2, 0.25) is 5.91 Å². The molecule has 0 spiro atoms. The molecule has 2 heterocycles. The first-order valence-electron chi connectivity index (χ1n) is 8.03. The van der Waals surface area contributed by atoms with Crippen LogP contribution in [0, 0.1) is 5.92 Å². The van der Waals surface area contributed by atoms with E-state index < -0.39 is 0 Å². The molecule has 0 aliphatic carbocycles. The minimum atomic E-state index is -0.0873. The van der Waals surface area contributed by atoms with E-state index in [0.29, 0.717) is 12.3 Å². The molecule has 2 rings (SSSR count). The monoisotopic (exact) mass is 293 g/mol. The lowest BCUT2D eigenvalue weighted by Crippen LogP contribution is -2.36. The molecule has 1 fully saturated rings. The van der Waals surface area contributed by atoms with Crippen LogP contribution in [-0.4, -0.2) is 45.2 Å². The van der Waals surface area contributed by atoms with Crippen LogP contribution in [0.5, 0.6) is 0 Å². The first-order valence-corrected chi connectivity index (χ1v) is 8.03. The normalized spacial score (nSPS) is 18.6. The predicted octanol–water partition coefficient (Wildman–Crippen LogP) is 1.60. The van der Waals surface area contributed by atoms with Crippen molar-refractivity contribution in [2.24, 2.45) is 5.92 Å². The smallest absolute Gasteiger partial charge is 0.220 e. The number of aryl methyl sites for hydroxylation is 1. The molecule has 1 aliphatic heterocycles. The van der Waals surface area contributed by atoms with Gasteiger partial charge < -0.3 is 10.2 Å². The zero-order chi connectivity index (χ0) is 15.2. The highest BCUT2D eigenvalue weighted by Gasteiger charge is 2.22. The van der Waals surface area contributed by atoms with Crippen LogP contribution in [-0.2, 0) is 11.3 Å². The number of hydrogen-bond donors (Lipinski definition) is 1. The Hall–Kier alpha value is -1.43. The van der Waals surface area contributed by atoms with Crippen molar-refractivity contribution >= 4 is 5.91 Å². The van der Waals surface area contributed by atoms with Crippen LogP contribution in [0.4, 0.5) is 0 Å². The molecular formula is C15H27N5O. The van der Waals surface area contributed by atoms with Crippen molar-refractivity contribution in [3.8, 4) is 0 Å². The first kappa shape index (κ1) is 15.9. The molecule has 0 radical (unpaired) electrons. The predicted molar refractivity (Wildman–Crippen MR) is 81.7 cm³/mol. The van der Waals surface area contributed by atoms with E-state index in [2.05, 4.69) is 27.2 Å². The van der Waals surface area contributed by atoms with Crippen molar-refractivity contribution in [3.63, 3.8) is 0 Å². The molecule has 1 N–H and O–H groups in total. The Morgan fingerprint density at radius 2 is 2.10 bits per heavy atom. The SMILES string of the molecule is CCN1CCC(CC(=O)N[C@H](C)c2ncnn2CC)CC1. The zero-order valence-electron chi connectivity index (χ0n) is 13.4. The number of nitrogens with zero attached hydrogens (tertiary/aromatic N) is 4. The minimum Gasteiger partial charge on any atom is -0.346 e. The summed E-state index contributed by atoms with van der Waals surface area (Å²) >= 11 is 0. The number of carbonyl (C=O) groups excluding carboxylic acids is 1. The molecule has 1 aliphatic rings. The summed E-state index contributed by atoms with van der Waals surface area (Å²) in [5.74, 6) is 1.47. The summed E-state index contributed by atoms with van der Waals surface area (Å²) in [7, 11) is 0. The minimum absolute atomic E-state index is 0.0873. The Bertz CT molecular complexity index is 451. The molecule has 0 bridgehead atoms. The van der Waals surface area contributed by atoms with E-state index in [1.165, 1.54) is 0 Å². The van der Waals surface area contributed by atoms with Crippen molar-refractivity contribution in [1.82, 2.24) is 25.0 Å². The van der Waals surface area contributed by atoms with E-state index in [9.17, 15) is 4.79 Å². The van der Waals surface area contributed by atoms with E-state index in [1.807, 2.05) is 18.5 Å². The third kappa shape index (κ3) is 4.27. The quantitative estimate of drug-likeness (QED) is 0.865. The largest absolute Gasteiger partial charge is 0.346 e. The van der Waals surface area contributed by atoms with Crippen molar-refractivity contribution in [2.75, 3.05) is 19.6 Å². The molecule has 1 saturated heterocycles. The van der Waals surface area contributed by atoms with E-state index in [4.69, 9.17) is 0 Å². The summed E-state index contributed by atoms with van der Waals surface area (Å²) in [4.78, 5) is 18.9. The topological polar surface area (TPSA) is 63.1 Å². The third-order valence-corrected chi connectivity index (χ3v) is 4.34. The maximum atomic E-state index is 12.2. The van der Waals surface area contributed by atoms with Gasteiger partial charge in [-0.2, -0.15) is 5.10 Å². The highest BCUT2D eigenvalue weighted by atomic mass is 16.1. The van der Waals surface area contributed by atoms with Crippen LogP contribution in [0.1, 0.15) is 51.9 Å². The standard InChI is InChI=1S/C15H27N5O/c1-4-19-8-6-13(7-9-19)10-14(21)18-12(3)15-16-11-17-20(15)5-2/h11-13H,4-10H2,1-3H3,(H,18,21)/t12-/m1/s1. The fourth-order valence-corrected chi connectivity index (χ4v) is 2.99. The Morgan fingerprint density at radius 3 is 2.71 bits per heavy atom. The summed E-state index contributed by atoms with van der Waals surface area (Å²) in [6, 6.07) is -0.0873. The molecule has 6 heteroatoms. The van der Waals surface area contributed by atoms with Gasteiger partial charge in [-0.15, -0.1) is 0 Å². The van der Waals surface area contributed by atoms with E-state index in [-0.39, 0.29) is 11.9 Å². The van der Waals surface area contributed by atoms with Crippen LogP contribution in [0.2, 0.25) is 0 Å². The second-order valence-corrected chi connectivity index (χ2v) is 5.80. The maximum absolute atomic E-state index is 12.2. The molecule has 118 valence electrons. The lowest BCUT2D eigenvalue weighted by Gasteiger charge is -2.30. The Balaban J connectivity index is 1.79. The van der Waals surface area contributed by atoms with Gasteiger partial charge in [0.15, 0.2) is 0 Å². The van der Waals surface area contributed by atoms with E-state index >= 15 is 0 Å². The average Bonchev–Trinajstić information content (AvgIpc) is 2.96. The summed E-state index contributed by atoms with van der Waals surface area (Å²) in [5.41, 5.74) is 0. The lowest BCUT2D eigenvalue weighted by atomic mass is 9.93. The van der Waals surface area contributed by atoms with Crippen molar-refractivity contribution in [1.29, 1.82) is 0 Å². The summed E-state index contributed by atoms with van der Waals surface area (Å²) in [5, 5.41) is 7.20. The van der Waals surface area contributed by atoms with Crippen LogP contribution in [0.25, 0.3) is 0 Å². The van der Waals surface area contributed by atoms with Crippen LogP contribution in [0.15, 0.2) is 6.33 Å². The number of piperidine rings is 1. The zero-order valence-corrected chi connectivity index (χ0v) is 13.4. The molecule has 1 aromatic heterocycles. The second-order valence-electron chi connectivity index (χ2n) is 5.80. The first-order chi connectivity index (χ1) is 10.1. The second kappa shape index (κ2) is 7.54. The molecular weight excluding hydrogens is 266 g/mol. The van der Waals surface area contributed by atoms with Gasteiger partial charge in [-0.3, -0.25) is 4.79 Å². The number of nitrogens with one attached hydrogen (secondary N) is 1. The molecule has 0 aromatic carbocycles. The average molecular weight is 293 g/mol. The fourth-order valence-electron chi connectivity index (χ4n) is 2.99. The third-order valence-electron chi connectivity index (χ3n) is 4.34. The maximum Gasteiger partial charge on any atom is 0.220 e. The number of hydrogen-bond acceptors (Lipinski definition) is 4. The number of amides is 1. The highest BCUT2D eigenvalue weighted by Crippen LogP contribution is 2.20. The Labute approximate surface area is 126 Å². The van der Waals surface area contributed by atoms with Gasteiger partial charge >= 0.3 is 0 Å². The lowest BCUT2D eigenvalue weighted by molar-refractivity contribution is -0.123. The Kier molecular flexibility index (Phi) is 5.73. The van der Waals surface area contributed by atoms with Gasteiger partial charge in [-0.25, -0.2) is 9.67 Å². The van der Waals surface area contributed by atoms with Gasteiger partial charge in [0, 0.05) is 13.0 Å². The number of likely N-dealkylation sites (tertiary alicyclic amines) is 1. The van der Waals surface area contributed by atoms with Gasteiger partial charge in [0.1, 0.15) is 12.2 Å². The van der Waals surface area contributed by atoms with Gasteiger partial charge in [-0.1, -0.05) is 6.92 Å². The van der Waals surface area contributed by atoms with Gasteiger partial charge in [-0.05, 0) is 52.2 Å². The Morgan fingerprint density at radius 1 is 1.38 bits per heavy atom. The van der Waals surface area contributed by atoms with Gasteiger partial charge in [0.05, 0.1) is 6.04 Å². The van der Waals surface area contributed by atoms with Crippen LogP contribution < -0.4 is 5.32 Å². The summed E-state index contributed by atoms with van der Waals surface area (Å²) < 4.78 is 1.82. The molecule has 0 saturated carbocycles. The number of rotatable bonds is 6. The van der Waals surface area contributed by atoms with Gasteiger partial charge in [0.25, 0.3) is 0 Å². The van der Waals surface area contributed by atoms with Crippen LogP contribution in [0.3, 0.4) is 0 Å². The van der Waals surface area contributed by atoms with Crippen LogP contribution >= 0.6 is 0 Å². The fraction of sp³-hybridized carbons (Fsp3) is 0.800. The number of aromatic nitrogens is 3. The van der Waals surface area contributed by atoms with Crippen molar-refractivity contribution in [3.05, 3.63) is 12.2 Å². The molecule has 1 atom stereocenters. The molecule has 6 nitrogen and oxygen atoms in total. The molecule has 0 unspecified atom stereocenters. The van der Waals surface area contributed by atoms with Crippen molar-refractivity contribution < 1.29 is 4.79 Å². The number of carbonyl (C=O) groups is 1. The van der Waals surface area contributed by atoms with E-state index in [0.717, 1.165) is 44.8 Å². The molecule has 21 heavy (non-hydrogen) atoms. The summed E-state index contributed by atoms with van der Waals surface area (Å²) in [6.07, 6.45) is 4.42. The molecule has 1 aromatic rings. The summed E-state index contributed by atoms with van der Waals surface area (Å²) in [6.45, 7) is 10.3.